The molecule has 0 radical (unpaired) electrons. The number of carbonyl (C=O) groups excluding carboxylic acids is 1. The number of nitrogens with one attached hydrogen (secondary N) is 1. The molecular weight excluding hydrogens is 238 g/mol. The van der Waals surface area contributed by atoms with E-state index in [9.17, 15) is 4.79 Å². The molecule has 1 aliphatic rings. The summed E-state index contributed by atoms with van der Waals surface area (Å²) in [6.07, 6.45) is 1.06. The van der Waals surface area contributed by atoms with Crippen molar-refractivity contribution in [3.8, 4) is 0 Å². The first-order chi connectivity index (χ1) is 8.18. The lowest BCUT2D eigenvalue weighted by Gasteiger charge is -2.24. The van der Waals surface area contributed by atoms with E-state index in [2.05, 4.69) is 10.2 Å². The van der Waals surface area contributed by atoms with Crippen LogP contribution in [0.1, 0.15) is 16.8 Å². The molecule has 0 aliphatic carbocycles. The van der Waals surface area contributed by atoms with E-state index >= 15 is 0 Å². The highest BCUT2D eigenvalue weighted by atomic mass is 35.5. The van der Waals surface area contributed by atoms with Gasteiger partial charge in [0.1, 0.15) is 0 Å². The topological polar surface area (TPSA) is 58.4 Å². The van der Waals surface area contributed by atoms with Gasteiger partial charge in [0.25, 0.3) is 5.91 Å². The largest absolute Gasteiger partial charge is 0.370 e. The van der Waals surface area contributed by atoms with Crippen LogP contribution in [-0.2, 0) is 0 Å². The van der Waals surface area contributed by atoms with Crippen LogP contribution in [0.5, 0.6) is 0 Å². The number of hydrogen-bond donors (Lipinski definition) is 2. The molecule has 1 saturated heterocycles. The van der Waals surface area contributed by atoms with E-state index in [1.165, 1.54) is 0 Å². The molecule has 0 saturated carbocycles. The molecule has 92 valence electrons. The summed E-state index contributed by atoms with van der Waals surface area (Å²) in [5, 5.41) is 3.86. The van der Waals surface area contributed by atoms with Crippen molar-refractivity contribution in [2.75, 3.05) is 31.1 Å². The van der Waals surface area contributed by atoms with Gasteiger partial charge in [0.2, 0.25) is 0 Å². The Morgan fingerprint density at radius 2 is 2.18 bits per heavy atom. The highest BCUT2D eigenvalue weighted by molar-refractivity contribution is 6.31. The zero-order chi connectivity index (χ0) is 12.3. The third-order valence-corrected chi connectivity index (χ3v) is 3.14. The van der Waals surface area contributed by atoms with E-state index in [-0.39, 0.29) is 0 Å². The van der Waals surface area contributed by atoms with Crippen LogP contribution in [-0.4, -0.2) is 32.1 Å². The number of amides is 1. The van der Waals surface area contributed by atoms with E-state index in [4.69, 9.17) is 17.3 Å². The SMILES string of the molecule is NC(=O)c1cc(Cl)ccc1N1CCCNCC1. The molecule has 0 unspecified atom stereocenters. The first-order valence-corrected chi connectivity index (χ1v) is 6.11. The molecule has 1 aliphatic heterocycles. The van der Waals surface area contributed by atoms with Crippen molar-refractivity contribution in [3.05, 3.63) is 28.8 Å². The predicted molar refractivity (Wildman–Crippen MR) is 69.7 cm³/mol. The highest BCUT2D eigenvalue weighted by Gasteiger charge is 2.16. The van der Waals surface area contributed by atoms with E-state index < -0.39 is 5.91 Å². The number of benzene rings is 1. The van der Waals surface area contributed by atoms with Gasteiger partial charge in [-0.25, -0.2) is 0 Å². The third-order valence-electron chi connectivity index (χ3n) is 2.90. The first kappa shape index (κ1) is 12.2. The first-order valence-electron chi connectivity index (χ1n) is 5.73. The Morgan fingerprint density at radius 1 is 1.35 bits per heavy atom. The zero-order valence-corrected chi connectivity index (χ0v) is 10.3. The van der Waals surface area contributed by atoms with Crippen LogP contribution in [0.25, 0.3) is 0 Å². The van der Waals surface area contributed by atoms with E-state index in [0.29, 0.717) is 10.6 Å². The molecule has 2 rings (SSSR count). The number of rotatable bonds is 2. The minimum Gasteiger partial charge on any atom is -0.370 e. The number of hydrogen-bond acceptors (Lipinski definition) is 3. The Labute approximate surface area is 106 Å². The van der Waals surface area contributed by atoms with Crippen LogP contribution in [0, 0.1) is 0 Å². The van der Waals surface area contributed by atoms with Crippen molar-refractivity contribution in [2.24, 2.45) is 5.73 Å². The fourth-order valence-corrected chi connectivity index (χ4v) is 2.24. The Hall–Kier alpha value is -1.26. The van der Waals surface area contributed by atoms with Crippen LogP contribution in [0.3, 0.4) is 0 Å². The molecule has 1 heterocycles. The Balaban J connectivity index is 2.32. The van der Waals surface area contributed by atoms with Gasteiger partial charge in [0.05, 0.1) is 5.56 Å². The predicted octanol–water partition coefficient (Wildman–Crippen LogP) is 1.24. The summed E-state index contributed by atoms with van der Waals surface area (Å²) >= 11 is 5.89. The van der Waals surface area contributed by atoms with Crippen LogP contribution in [0.15, 0.2) is 18.2 Å². The molecule has 0 spiro atoms. The van der Waals surface area contributed by atoms with Crippen LogP contribution in [0.2, 0.25) is 5.02 Å². The van der Waals surface area contributed by atoms with Crippen molar-refractivity contribution in [1.82, 2.24) is 5.32 Å². The van der Waals surface area contributed by atoms with E-state index in [0.717, 1.165) is 38.3 Å². The van der Waals surface area contributed by atoms with Crippen LogP contribution >= 0.6 is 11.6 Å². The summed E-state index contributed by atoms with van der Waals surface area (Å²) < 4.78 is 0. The molecule has 1 fully saturated rings. The molecule has 1 amide bonds. The molecule has 0 bridgehead atoms. The maximum absolute atomic E-state index is 11.4. The minimum atomic E-state index is -0.431. The second-order valence-corrected chi connectivity index (χ2v) is 4.55. The number of anilines is 1. The maximum atomic E-state index is 11.4. The summed E-state index contributed by atoms with van der Waals surface area (Å²) in [4.78, 5) is 13.6. The maximum Gasteiger partial charge on any atom is 0.250 e. The average molecular weight is 254 g/mol. The smallest absolute Gasteiger partial charge is 0.250 e. The zero-order valence-electron chi connectivity index (χ0n) is 9.58. The fraction of sp³-hybridized carbons (Fsp3) is 0.417. The van der Waals surface area contributed by atoms with Crippen molar-refractivity contribution in [1.29, 1.82) is 0 Å². The van der Waals surface area contributed by atoms with Gasteiger partial charge in [0, 0.05) is 30.3 Å². The molecule has 3 N–H and O–H groups in total. The molecule has 1 aromatic rings. The van der Waals surface area contributed by atoms with Gasteiger partial charge in [-0.1, -0.05) is 11.6 Å². The van der Waals surface area contributed by atoms with Gasteiger partial charge in [-0.15, -0.1) is 0 Å². The van der Waals surface area contributed by atoms with Gasteiger partial charge in [-0.05, 0) is 31.2 Å². The molecule has 5 heteroatoms. The van der Waals surface area contributed by atoms with Crippen molar-refractivity contribution >= 4 is 23.2 Å². The second kappa shape index (κ2) is 5.38. The van der Waals surface area contributed by atoms with E-state index in [1.54, 1.807) is 12.1 Å². The normalized spacial score (nSPS) is 16.6. The standard InChI is InChI=1S/C12H16ClN3O/c13-9-2-3-11(10(8-9)12(14)17)16-6-1-4-15-5-7-16/h2-3,8,15H,1,4-7H2,(H2,14,17). The Bertz CT molecular complexity index is 414. The number of carbonyl (C=O) groups is 1. The van der Waals surface area contributed by atoms with Crippen molar-refractivity contribution in [3.63, 3.8) is 0 Å². The van der Waals surface area contributed by atoms with Gasteiger partial charge in [-0.2, -0.15) is 0 Å². The highest BCUT2D eigenvalue weighted by Crippen LogP contribution is 2.24. The molecule has 0 atom stereocenters. The fourth-order valence-electron chi connectivity index (χ4n) is 2.07. The average Bonchev–Trinajstić information content (AvgIpc) is 2.57. The van der Waals surface area contributed by atoms with Gasteiger partial charge >= 0.3 is 0 Å². The summed E-state index contributed by atoms with van der Waals surface area (Å²) in [6, 6.07) is 5.30. The molecule has 1 aromatic carbocycles. The number of nitrogens with two attached hydrogens (primary N) is 1. The minimum absolute atomic E-state index is 0.431. The summed E-state index contributed by atoms with van der Waals surface area (Å²) in [7, 11) is 0. The van der Waals surface area contributed by atoms with Gasteiger partial charge in [-0.3, -0.25) is 4.79 Å². The lowest BCUT2D eigenvalue weighted by Crippen LogP contribution is -2.30. The summed E-state index contributed by atoms with van der Waals surface area (Å²) in [5.74, 6) is -0.431. The summed E-state index contributed by atoms with van der Waals surface area (Å²) in [5.41, 5.74) is 6.77. The number of nitrogens with zero attached hydrogens (tertiary/aromatic N) is 1. The Morgan fingerprint density at radius 3 is 2.94 bits per heavy atom. The van der Waals surface area contributed by atoms with E-state index in [1.807, 2.05) is 6.07 Å². The third kappa shape index (κ3) is 2.90. The molecule has 4 nitrogen and oxygen atoms in total. The molecular formula is C12H16ClN3O. The Kier molecular flexibility index (Phi) is 3.86. The lowest BCUT2D eigenvalue weighted by molar-refractivity contribution is 0.100. The summed E-state index contributed by atoms with van der Waals surface area (Å²) in [6.45, 7) is 3.73. The van der Waals surface area contributed by atoms with Crippen LogP contribution in [0.4, 0.5) is 5.69 Å². The van der Waals surface area contributed by atoms with Gasteiger partial charge < -0.3 is 16.0 Å². The quantitative estimate of drug-likeness (QED) is 0.834. The monoisotopic (exact) mass is 253 g/mol. The lowest BCUT2D eigenvalue weighted by atomic mass is 10.1. The van der Waals surface area contributed by atoms with Gasteiger partial charge in [0.15, 0.2) is 0 Å². The van der Waals surface area contributed by atoms with Crippen molar-refractivity contribution in [2.45, 2.75) is 6.42 Å². The number of primary amides is 1. The van der Waals surface area contributed by atoms with Crippen LogP contribution < -0.4 is 16.0 Å². The molecule has 0 aromatic heterocycles. The molecule has 17 heavy (non-hydrogen) atoms. The number of halogens is 1. The second-order valence-electron chi connectivity index (χ2n) is 4.12. The van der Waals surface area contributed by atoms with Crippen molar-refractivity contribution < 1.29 is 4.79 Å².